The van der Waals surface area contributed by atoms with Gasteiger partial charge in [-0.3, -0.25) is 4.99 Å². The highest BCUT2D eigenvalue weighted by atomic mass is 127. The first-order chi connectivity index (χ1) is 12.9. The van der Waals surface area contributed by atoms with Crippen LogP contribution in [0.5, 0.6) is 5.75 Å². The van der Waals surface area contributed by atoms with Crippen molar-refractivity contribution in [1.29, 1.82) is 0 Å². The maximum atomic E-state index is 11.8. The molecule has 7 nitrogen and oxygen atoms in total. The third-order valence-corrected chi connectivity index (χ3v) is 5.56. The number of para-hydroxylation sites is 1. The molecule has 0 bridgehead atoms. The summed E-state index contributed by atoms with van der Waals surface area (Å²) in [7, 11) is 3.31. The van der Waals surface area contributed by atoms with E-state index in [1.165, 1.54) is 7.05 Å². The van der Waals surface area contributed by atoms with Gasteiger partial charge in [-0.1, -0.05) is 30.3 Å². The van der Waals surface area contributed by atoms with Gasteiger partial charge in [0.25, 0.3) is 0 Å². The van der Waals surface area contributed by atoms with Crippen molar-refractivity contribution in [2.24, 2.45) is 4.99 Å². The Morgan fingerprint density at radius 3 is 2.36 bits per heavy atom. The number of sulfonamides is 1. The molecule has 0 heterocycles. The van der Waals surface area contributed by atoms with E-state index in [-0.39, 0.29) is 28.9 Å². The topological polar surface area (TPSA) is 83.0 Å². The first-order valence-electron chi connectivity index (χ1n) is 8.47. The Morgan fingerprint density at radius 1 is 1.14 bits per heavy atom. The quantitative estimate of drug-likeness (QED) is 0.334. The number of nitrogens with one attached hydrogen (secondary N) is 2. The van der Waals surface area contributed by atoms with Gasteiger partial charge in [0.15, 0.2) is 5.96 Å². The second-order valence-electron chi connectivity index (χ2n) is 5.92. The Balaban J connectivity index is 0.00000392. The van der Waals surface area contributed by atoms with Crippen molar-refractivity contribution in [2.45, 2.75) is 18.0 Å². The molecule has 0 radical (unpaired) electrons. The highest BCUT2D eigenvalue weighted by Crippen LogP contribution is 2.18. The molecule has 2 rings (SSSR count). The summed E-state index contributed by atoms with van der Waals surface area (Å²) in [5.41, 5.74) is 2.02. The molecule has 0 aromatic heterocycles. The summed E-state index contributed by atoms with van der Waals surface area (Å²) >= 11 is 0. The van der Waals surface area contributed by atoms with Crippen molar-refractivity contribution in [3.63, 3.8) is 0 Å². The number of nitrogens with zero attached hydrogens (tertiary/aromatic N) is 2. The molecule has 0 unspecified atom stereocenters. The molecule has 0 spiro atoms. The molecule has 0 aliphatic rings. The van der Waals surface area contributed by atoms with Gasteiger partial charge in [0.05, 0.1) is 12.0 Å². The predicted octanol–water partition coefficient (Wildman–Crippen LogP) is 2.43. The van der Waals surface area contributed by atoms with E-state index in [1.54, 1.807) is 38.4 Å². The highest BCUT2D eigenvalue weighted by molar-refractivity contribution is 14.0. The van der Waals surface area contributed by atoms with E-state index in [9.17, 15) is 8.42 Å². The van der Waals surface area contributed by atoms with Crippen LogP contribution < -0.4 is 14.8 Å². The smallest absolute Gasteiger partial charge is 0.240 e. The number of benzene rings is 2. The molecule has 0 saturated carbocycles. The minimum atomic E-state index is -3.42. The summed E-state index contributed by atoms with van der Waals surface area (Å²) in [4.78, 5) is 6.55. The van der Waals surface area contributed by atoms with Crippen LogP contribution in [0.25, 0.3) is 0 Å². The van der Waals surface area contributed by atoms with Gasteiger partial charge < -0.3 is 15.0 Å². The van der Waals surface area contributed by atoms with Gasteiger partial charge in [-0.25, -0.2) is 13.1 Å². The van der Waals surface area contributed by atoms with Crippen LogP contribution in [0.15, 0.2) is 58.4 Å². The molecule has 0 aliphatic heterocycles. The number of aliphatic imine (C=N–C) groups is 1. The van der Waals surface area contributed by atoms with Crippen LogP contribution in [-0.4, -0.2) is 47.5 Å². The maximum Gasteiger partial charge on any atom is 0.240 e. The molecule has 2 N–H and O–H groups in total. The van der Waals surface area contributed by atoms with E-state index in [0.29, 0.717) is 13.1 Å². The van der Waals surface area contributed by atoms with Crippen LogP contribution in [0.1, 0.15) is 11.1 Å². The van der Waals surface area contributed by atoms with Crippen molar-refractivity contribution in [3.05, 3.63) is 59.7 Å². The van der Waals surface area contributed by atoms with Gasteiger partial charge in [-0.05, 0) is 30.8 Å². The Morgan fingerprint density at radius 2 is 1.79 bits per heavy atom. The highest BCUT2D eigenvalue weighted by Gasteiger charge is 2.12. The van der Waals surface area contributed by atoms with E-state index < -0.39 is 10.0 Å². The van der Waals surface area contributed by atoms with E-state index >= 15 is 0 Å². The molecular formula is C19H27IN4O3S. The van der Waals surface area contributed by atoms with Gasteiger partial charge in [-0.2, -0.15) is 0 Å². The second-order valence-corrected chi connectivity index (χ2v) is 7.81. The molecular weight excluding hydrogens is 491 g/mol. The van der Waals surface area contributed by atoms with Crippen molar-refractivity contribution in [3.8, 4) is 5.75 Å². The van der Waals surface area contributed by atoms with E-state index in [0.717, 1.165) is 22.8 Å². The fourth-order valence-electron chi connectivity index (χ4n) is 2.63. The fraction of sp³-hybridized carbons (Fsp3) is 0.316. The van der Waals surface area contributed by atoms with Crippen LogP contribution in [0.2, 0.25) is 0 Å². The molecule has 0 aliphatic carbocycles. The lowest BCUT2D eigenvalue weighted by Crippen LogP contribution is -2.38. The molecule has 154 valence electrons. The Labute approximate surface area is 184 Å². The molecule has 9 heteroatoms. The number of hydrogen-bond acceptors (Lipinski definition) is 4. The number of guanidine groups is 1. The van der Waals surface area contributed by atoms with Crippen molar-refractivity contribution >= 4 is 40.0 Å². The predicted molar refractivity (Wildman–Crippen MR) is 123 cm³/mol. The standard InChI is InChI=1S/C19H26N4O3S.HI/c1-20-19(23(3)14-16-7-5-6-8-18(16)26-4)22-13-15-9-11-17(12-10-15)27(24,25)21-2;/h5-12,21H,13-14H2,1-4H3,(H,20,22);1H. The molecule has 0 amide bonds. The molecule has 2 aromatic carbocycles. The minimum Gasteiger partial charge on any atom is -0.496 e. The zero-order valence-corrected chi connectivity index (χ0v) is 19.6. The van der Waals surface area contributed by atoms with Gasteiger partial charge >= 0.3 is 0 Å². The summed E-state index contributed by atoms with van der Waals surface area (Å²) < 4.78 is 31.3. The van der Waals surface area contributed by atoms with E-state index in [1.807, 2.05) is 36.2 Å². The molecule has 0 fully saturated rings. The van der Waals surface area contributed by atoms with E-state index in [4.69, 9.17) is 4.74 Å². The summed E-state index contributed by atoms with van der Waals surface area (Å²) in [6.07, 6.45) is 0. The Bertz CT molecular complexity index is 886. The first-order valence-corrected chi connectivity index (χ1v) is 9.95. The average Bonchev–Trinajstić information content (AvgIpc) is 2.69. The van der Waals surface area contributed by atoms with Crippen LogP contribution >= 0.6 is 24.0 Å². The largest absolute Gasteiger partial charge is 0.496 e. The minimum absolute atomic E-state index is 0. The van der Waals surface area contributed by atoms with Crippen LogP contribution in [0.4, 0.5) is 0 Å². The van der Waals surface area contributed by atoms with Gasteiger partial charge in [0.2, 0.25) is 10.0 Å². The number of halogens is 1. The Hall–Kier alpha value is -1.85. The lowest BCUT2D eigenvalue weighted by molar-refractivity contribution is 0.396. The third-order valence-electron chi connectivity index (χ3n) is 4.13. The third kappa shape index (κ3) is 6.35. The van der Waals surface area contributed by atoms with Crippen LogP contribution in [-0.2, 0) is 23.1 Å². The van der Waals surface area contributed by atoms with Crippen LogP contribution in [0.3, 0.4) is 0 Å². The van der Waals surface area contributed by atoms with Gasteiger partial charge in [-0.15, -0.1) is 24.0 Å². The second kappa shape index (κ2) is 11.2. The van der Waals surface area contributed by atoms with Gasteiger partial charge in [0.1, 0.15) is 5.75 Å². The van der Waals surface area contributed by atoms with Gasteiger partial charge in [0, 0.05) is 32.7 Å². The molecule has 0 saturated heterocycles. The average molecular weight is 518 g/mol. The maximum absolute atomic E-state index is 11.8. The zero-order valence-electron chi connectivity index (χ0n) is 16.5. The lowest BCUT2D eigenvalue weighted by Gasteiger charge is -2.23. The SMILES string of the molecule is CN=C(NCc1ccc(S(=O)(=O)NC)cc1)N(C)Cc1ccccc1OC.I. The zero-order chi connectivity index (χ0) is 19.9. The molecule has 28 heavy (non-hydrogen) atoms. The van der Waals surface area contributed by atoms with Crippen molar-refractivity contribution in [2.75, 3.05) is 28.3 Å². The fourth-order valence-corrected chi connectivity index (χ4v) is 3.36. The van der Waals surface area contributed by atoms with Crippen molar-refractivity contribution < 1.29 is 13.2 Å². The van der Waals surface area contributed by atoms with Crippen LogP contribution in [0, 0.1) is 0 Å². The number of methoxy groups -OCH3 is 1. The first kappa shape index (κ1) is 24.2. The number of hydrogen-bond donors (Lipinski definition) is 2. The summed E-state index contributed by atoms with van der Waals surface area (Å²) in [5, 5.41) is 3.29. The van der Waals surface area contributed by atoms with Crippen molar-refractivity contribution in [1.82, 2.24) is 14.9 Å². The summed E-state index contributed by atoms with van der Waals surface area (Å²) in [6.45, 7) is 1.17. The molecule has 0 atom stereocenters. The number of ether oxygens (including phenoxy) is 1. The van der Waals surface area contributed by atoms with E-state index in [2.05, 4.69) is 15.0 Å². The summed E-state index contributed by atoms with van der Waals surface area (Å²) in [5.74, 6) is 1.56. The normalized spacial score (nSPS) is 11.5. The number of rotatable bonds is 7. The monoisotopic (exact) mass is 518 g/mol. The molecule has 2 aromatic rings. The summed E-state index contributed by atoms with van der Waals surface area (Å²) in [6, 6.07) is 14.6. The lowest BCUT2D eigenvalue weighted by atomic mass is 10.2. The Kier molecular flexibility index (Phi) is 9.70.